The molecule has 2 aromatic rings. The summed E-state index contributed by atoms with van der Waals surface area (Å²) in [5.41, 5.74) is 0. The van der Waals surface area contributed by atoms with Gasteiger partial charge in [0.05, 0.1) is 0 Å². The predicted molar refractivity (Wildman–Crippen MR) is 118 cm³/mol. The first-order valence-corrected chi connectivity index (χ1v) is 13.5. The Hall–Kier alpha value is -1.07. The van der Waals surface area contributed by atoms with Crippen molar-refractivity contribution in [1.82, 2.24) is 0 Å². The van der Waals surface area contributed by atoms with Crippen molar-refractivity contribution in [1.29, 1.82) is 0 Å². The molecule has 2 rings (SSSR count). The van der Waals surface area contributed by atoms with Gasteiger partial charge in [-0.1, -0.05) is 39.0 Å². The van der Waals surface area contributed by atoms with Crippen molar-refractivity contribution in [3.05, 3.63) is 61.7 Å². The third kappa shape index (κ3) is 10.5. The molecule has 0 aliphatic rings. The zero-order chi connectivity index (χ0) is 20.7. The summed E-state index contributed by atoms with van der Waals surface area (Å²) in [6.45, 7) is 4.78. The van der Waals surface area contributed by atoms with Crippen molar-refractivity contribution in [2.75, 3.05) is 6.61 Å². The average Bonchev–Trinajstić information content (AvgIpc) is 2.75. The third-order valence-electron chi connectivity index (χ3n) is 5.36. The van der Waals surface area contributed by atoms with Gasteiger partial charge in [-0.15, -0.1) is 0 Å². The Morgan fingerprint density at radius 3 is 2.03 bits per heavy atom. The molecular weight excluding hydrogens is 471 g/mol. The quantitative estimate of drug-likeness (QED) is 0.293. The van der Waals surface area contributed by atoms with E-state index >= 15 is 0 Å². The predicted octanol–water partition coefficient (Wildman–Crippen LogP) is 3.72. The summed E-state index contributed by atoms with van der Waals surface area (Å²) < 4.78 is 8.64. The van der Waals surface area contributed by atoms with Crippen molar-refractivity contribution >= 4 is 0 Å². The van der Waals surface area contributed by atoms with Gasteiger partial charge in [0.1, 0.15) is 0 Å². The fraction of sp³-hybridized carbons (Fsp3) is 0.538. The summed E-state index contributed by atoms with van der Waals surface area (Å²) >= 11 is -0.138. The van der Waals surface area contributed by atoms with Crippen LogP contribution >= 0.6 is 0 Å². The van der Waals surface area contributed by atoms with E-state index in [1.807, 2.05) is 12.1 Å². The number of aliphatic hydroxyl groups is 1. The molecule has 2 unspecified atom stereocenters. The van der Waals surface area contributed by atoms with Crippen LogP contribution in [0, 0.1) is 13.1 Å². The molecule has 2 nitrogen and oxygen atoms in total. The van der Waals surface area contributed by atoms with Crippen LogP contribution in [0.3, 0.4) is 0 Å². The first-order valence-electron chi connectivity index (χ1n) is 11.3. The molecule has 0 amide bonds. The summed E-state index contributed by atoms with van der Waals surface area (Å²) in [6.07, 6.45) is 11.3. The van der Waals surface area contributed by atoms with Gasteiger partial charge < -0.3 is 0 Å². The van der Waals surface area contributed by atoms with Gasteiger partial charge in [-0.25, -0.2) is 0 Å². The topological polar surface area (TPSA) is 29.5 Å². The van der Waals surface area contributed by atoms with Crippen molar-refractivity contribution in [2.24, 2.45) is 5.92 Å². The Bertz CT molecular complexity index is 642. The molecule has 0 saturated heterocycles. The second-order valence-electron chi connectivity index (χ2n) is 7.96. The third-order valence-corrected chi connectivity index (χ3v) is 8.04. The Morgan fingerprint density at radius 1 is 0.793 bits per heavy atom. The maximum atomic E-state index is 10.4. The number of benzene rings is 2. The summed E-state index contributed by atoms with van der Waals surface area (Å²) in [5.74, 6) is 1.14. The molecule has 162 valence electrons. The second kappa shape index (κ2) is 14.8. The first kappa shape index (κ1) is 24.2. The molecule has 29 heavy (non-hydrogen) atoms. The monoisotopic (exact) mass is 509 g/mol. The first-order chi connectivity index (χ1) is 14.2. The summed E-state index contributed by atoms with van der Waals surface area (Å²) in [7, 11) is 0. The molecule has 0 spiro atoms. The second-order valence-corrected chi connectivity index (χ2v) is 11.0. The van der Waals surface area contributed by atoms with Crippen LogP contribution in [0.2, 0.25) is 0 Å². The fourth-order valence-electron chi connectivity index (χ4n) is 3.34. The molecule has 0 aliphatic heterocycles. The van der Waals surface area contributed by atoms with Crippen LogP contribution in [0.15, 0.2) is 54.6 Å². The Balaban J connectivity index is 1.59. The van der Waals surface area contributed by atoms with Crippen molar-refractivity contribution in [3.8, 4) is 5.75 Å². The molecule has 0 fully saturated rings. The number of unbranched alkanes of at least 4 members (excludes halogenated alkanes) is 7. The number of rotatable bonds is 15. The molecular formula is C26H38IO2-. The number of aliphatic hydroxyl groups excluding tert-OH is 1. The molecule has 3 heteroatoms. The van der Waals surface area contributed by atoms with E-state index in [4.69, 9.17) is 4.74 Å². The van der Waals surface area contributed by atoms with E-state index in [1.54, 1.807) is 0 Å². The summed E-state index contributed by atoms with van der Waals surface area (Å²) in [6, 6.07) is 19.0. The molecule has 1 N–H and O–H groups in total. The minimum absolute atomic E-state index is 0.138. The fourth-order valence-corrected chi connectivity index (χ4v) is 5.55. The molecule has 0 aliphatic carbocycles. The number of hydrogen-bond donors (Lipinski definition) is 1. The van der Waals surface area contributed by atoms with Crippen molar-refractivity contribution < 1.29 is 31.0 Å². The van der Waals surface area contributed by atoms with E-state index in [0.717, 1.165) is 12.2 Å². The van der Waals surface area contributed by atoms with Gasteiger partial charge >= 0.3 is 150 Å². The molecule has 0 bridgehead atoms. The van der Waals surface area contributed by atoms with Crippen LogP contribution in [0.5, 0.6) is 5.75 Å². The maximum absolute atomic E-state index is 10.4. The van der Waals surface area contributed by atoms with E-state index in [9.17, 15) is 5.11 Å². The zero-order valence-corrected chi connectivity index (χ0v) is 20.3. The van der Waals surface area contributed by atoms with Gasteiger partial charge in [0.25, 0.3) is 0 Å². The van der Waals surface area contributed by atoms with Crippen LogP contribution in [0.25, 0.3) is 0 Å². The molecule has 2 atom stereocenters. The number of ether oxygens (including phenoxy) is 1. The number of halogens is 1. The van der Waals surface area contributed by atoms with E-state index in [1.165, 1.54) is 58.5 Å². The molecule has 0 aromatic heterocycles. The average molecular weight is 509 g/mol. The SMILES string of the molecule is CCCCCCCCCCC(C)C(O)COc1ccc([I-]c2ccccc2)cc1. The van der Waals surface area contributed by atoms with Gasteiger partial charge in [0.15, 0.2) is 0 Å². The van der Waals surface area contributed by atoms with E-state index in [2.05, 4.69) is 56.3 Å². The van der Waals surface area contributed by atoms with Crippen LogP contribution in [-0.2, 0) is 0 Å². The van der Waals surface area contributed by atoms with Crippen molar-refractivity contribution in [3.63, 3.8) is 0 Å². The van der Waals surface area contributed by atoms with E-state index in [0.29, 0.717) is 12.5 Å². The van der Waals surface area contributed by atoms with Gasteiger partial charge in [-0.05, 0) is 0 Å². The summed E-state index contributed by atoms with van der Waals surface area (Å²) in [5, 5.41) is 10.4. The van der Waals surface area contributed by atoms with E-state index in [-0.39, 0.29) is 21.2 Å². The van der Waals surface area contributed by atoms with Crippen LogP contribution < -0.4 is 25.9 Å². The van der Waals surface area contributed by atoms with Crippen molar-refractivity contribution in [2.45, 2.75) is 77.7 Å². The minimum atomic E-state index is -0.393. The molecule has 2 aromatic carbocycles. The number of hydrogen-bond acceptors (Lipinski definition) is 2. The van der Waals surface area contributed by atoms with Crippen LogP contribution in [0.4, 0.5) is 0 Å². The van der Waals surface area contributed by atoms with Gasteiger partial charge in [-0.3, -0.25) is 0 Å². The van der Waals surface area contributed by atoms with Gasteiger partial charge in [-0.2, -0.15) is 0 Å². The van der Waals surface area contributed by atoms with Gasteiger partial charge in [0.2, 0.25) is 0 Å². The van der Waals surface area contributed by atoms with Crippen LogP contribution in [0.1, 0.15) is 71.6 Å². The van der Waals surface area contributed by atoms with Gasteiger partial charge in [0, 0.05) is 0 Å². The normalized spacial score (nSPS) is 13.3. The molecule has 0 saturated carbocycles. The van der Waals surface area contributed by atoms with Crippen LogP contribution in [-0.4, -0.2) is 17.8 Å². The standard InChI is InChI=1S/C26H38IO2/c1-3-4-5-6-7-8-9-11-14-22(2)26(28)21-29-25-19-17-24(18-20-25)27-23-15-12-10-13-16-23/h10,12-13,15-20,22,26,28H,3-9,11,14,21H2,1-2H3/q-1. The zero-order valence-electron chi connectivity index (χ0n) is 18.2. The Kier molecular flexibility index (Phi) is 12.4. The Morgan fingerprint density at radius 2 is 1.38 bits per heavy atom. The molecule has 0 heterocycles. The molecule has 0 radical (unpaired) electrons. The van der Waals surface area contributed by atoms with E-state index < -0.39 is 6.10 Å². The Labute approximate surface area is 188 Å². The summed E-state index contributed by atoms with van der Waals surface area (Å²) in [4.78, 5) is 0.